The zero-order chi connectivity index (χ0) is 23.5. The van der Waals surface area contributed by atoms with Crippen molar-refractivity contribution in [3.63, 3.8) is 0 Å². The fourth-order valence-electron chi connectivity index (χ4n) is 4.83. The maximum absolute atomic E-state index is 14.1. The van der Waals surface area contributed by atoms with Crippen LogP contribution in [0.15, 0.2) is 46.2 Å². The van der Waals surface area contributed by atoms with E-state index >= 15 is 0 Å². The first-order valence-electron chi connectivity index (χ1n) is 10.9. The Morgan fingerprint density at radius 3 is 1.59 bits per heavy atom. The van der Waals surface area contributed by atoms with E-state index in [0.717, 1.165) is 76.2 Å². The van der Waals surface area contributed by atoms with Crippen LogP contribution in [-0.4, -0.2) is 8.42 Å². The largest absolute Gasteiger partial charge is 0.235 e. The Morgan fingerprint density at radius 2 is 1.03 bits per heavy atom. The minimum Gasteiger partial charge on any atom is -0.212 e. The van der Waals surface area contributed by atoms with E-state index in [9.17, 15) is 8.42 Å². The van der Waals surface area contributed by atoms with Crippen LogP contribution >= 0.6 is 10.8 Å². The van der Waals surface area contributed by atoms with Crippen LogP contribution in [-0.2, 0) is 8.87 Å². The molecule has 0 aromatic heterocycles. The van der Waals surface area contributed by atoms with Gasteiger partial charge in [0.25, 0.3) is 0 Å². The van der Waals surface area contributed by atoms with E-state index in [2.05, 4.69) is 64.1 Å². The highest BCUT2D eigenvalue weighted by Crippen LogP contribution is 2.44. The third-order valence-corrected chi connectivity index (χ3v) is 10.1. The average molecular weight is 463 g/mol. The lowest BCUT2D eigenvalue weighted by molar-refractivity contribution is 0.610. The molecule has 0 fully saturated rings. The first-order valence-corrected chi connectivity index (χ1v) is 13.7. The van der Waals surface area contributed by atoms with Crippen LogP contribution in [0.2, 0.25) is 0 Å². The van der Waals surface area contributed by atoms with Crippen LogP contribution in [0.1, 0.15) is 44.5 Å². The maximum atomic E-state index is 14.1. The van der Waals surface area contributed by atoms with Gasteiger partial charge in [0.2, 0.25) is 8.87 Å². The summed E-state index contributed by atoms with van der Waals surface area (Å²) in [6.45, 7) is 16.2. The van der Waals surface area contributed by atoms with Crippen LogP contribution in [0.25, 0.3) is 21.5 Å². The smallest absolute Gasteiger partial charge is 0.212 e. The third kappa shape index (κ3) is 3.74. The molecule has 0 aliphatic carbocycles. The molecule has 0 aliphatic heterocycles. The van der Waals surface area contributed by atoms with Crippen molar-refractivity contribution in [3.8, 4) is 0 Å². The molecule has 4 rings (SSSR count). The fraction of sp³-hybridized carbons (Fsp3) is 0.286. The van der Waals surface area contributed by atoms with Gasteiger partial charge < -0.3 is 0 Å². The summed E-state index contributed by atoms with van der Waals surface area (Å²) >= 11 is 0. The molecular weight excluding hydrogens is 432 g/mol. The summed E-state index contributed by atoms with van der Waals surface area (Å²) in [4.78, 5) is 1.30. The Kier molecular flexibility index (Phi) is 5.67. The molecule has 0 saturated carbocycles. The Hall–Kier alpha value is -2.30. The minimum atomic E-state index is -3.67. The summed E-state index contributed by atoms with van der Waals surface area (Å²) < 4.78 is 28.1. The summed E-state index contributed by atoms with van der Waals surface area (Å²) in [6, 6.07) is 12.7. The predicted octanol–water partition coefficient (Wildman–Crippen LogP) is 7.94. The van der Waals surface area contributed by atoms with E-state index in [1.165, 1.54) is 5.56 Å². The summed E-state index contributed by atoms with van der Waals surface area (Å²) in [7, 11) is -2.66. The second-order valence-corrected chi connectivity index (χ2v) is 12.9. The lowest BCUT2D eigenvalue weighted by Gasteiger charge is -2.19. The van der Waals surface area contributed by atoms with E-state index < -0.39 is 8.87 Å². The number of hydrogen-bond acceptors (Lipinski definition) is 3. The molecule has 0 radical (unpaired) electrons. The molecule has 2 nitrogen and oxygen atoms in total. The maximum Gasteiger partial charge on any atom is 0.235 e. The van der Waals surface area contributed by atoms with E-state index in [1.54, 1.807) is 0 Å². The molecule has 0 spiro atoms. The number of fused-ring (bicyclic) bond motifs is 2. The van der Waals surface area contributed by atoms with Crippen molar-refractivity contribution in [2.24, 2.45) is 0 Å². The molecule has 0 amide bonds. The summed E-state index contributed by atoms with van der Waals surface area (Å²) in [5.41, 5.74) is 8.40. The van der Waals surface area contributed by atoms with Crippen LogP contribution in [0.4, 0.5) is 0 Å². The van der Waals surface area contributed by atoms with Crippen molar-refractivity contribution in [1.29, 1.82) is 0 Å². The summed E-state index contributed by atoms with van der Waals surface area (Å²) in [5, 5.41) is 3.96. The van der Waals surface area contributed by atoms with Gasteiger partial charge in [-0.15, -0.1) is 0 Å². The second-order valence-electron chi connectivity index (χ2n) is 9.19. The molecule has 32 heavy (non-hydrogen) atoms. The van der Waals surface area contributed by atoms with E-state index in [0.29, 0.717) is 4.90 Å². The van der Waals surface area contributed by atoms with Gasteiger partial charge in [-0.05, 0) is 105 Å². The second kappa shape index (κ2) is 7.93. The molecule has 0 saturated heterocycles. The van der Waals surface area contributed by atoms with Gasteiger partial charge in [0.15, 0.2) is 0 Å². The highest BCUT2D eigenvalue weighted by atomic mass is 33.1. The molecule has 0 heterocycles. The lowest BCUT2D eigenvalue weighted by Crippen LogP contribution is -2.04. The zero-order valence-electron chi connectivity index (χ0n) is 20.1. The van der Waals surface area contributed by atoms with E-state index in [4.69, 9.17) is 0 Å². The first kappa shape index (κ1) is 22.9. The molecule has 0 N–H and O–H groups in total. The molecule has 0 unspecified atom stereocenters. The Bertz CT molecular complexity index is 1530. The predicted molar refractivity (Wildman–Crippen MR) is 139 cm³/mol. The standard InChI is InChI=1S/C28H30O2S2/c1-15-9-19(5)25-23(11-15)13-17(3)21(7)27(25)31-32(29,30)28-22(8)18(4)14-24-12-16(2)10-20(6)26(24)28/h9-14H,1-8H3. The van der Waals surface area contributed by atoms with Crippen LogP contribution < -0.4 is 0 Å². The Balaban J connectivity index is 2.04. The van der Waals surface area contributed by atoms with Gasteiger partial charge >= 0.3 is 0 Å². The Labute approximate surface area is 195 Å². The molecule has 4 heteroatoms. The topological polar surface area (TPSA) is 34.1 Å². The molecule has 4 aromatic rings. The van der Waals surface area contributed by atoms with Gasteiger partial charge in [-0.2, -0.15) is 0 Å². The Morgan fingerprint density at radius 1 is 0.562 bits per heavy atom. The van der Waals surface area contributed by atoms with Gasteiger partial charge in [-0.1, -0.05) is 47.5 Å². The molecule has 4 aromatic carbocycles. The van der Waals surface area contributed by atoms with Gasteiger partial charge in [-0.25, -0.2) is 8.42 Å². The molecule has 0 bridgehead atoms. The van der Waals surface area contributed by atoms with Gasteiger partial charge in [0.1, 0.15) is 0 Å². The molecule has 166 valence electrons. The SMILES string of the molecule is Cc1cc(C)c2c(SS(=O)(=O)c3c(C)c(C)cc4cc(C)cc(C)c34)c(C)c(C)cc2c1. The summed E-state index contributed by atoms with van der Waals surface area (Å²) in [6.07, 6.45) is 0. The van der Waals surface area contributed by atoms with Crippen molar-refractivity contribution >= 4 is 41.2 Å². The lowest BCUT2D eigenvalue weighted by atomic mass is 9.97. The minimum absolute atomic E-state index is 0.453. The monoisotopic (exact) mass is 462 g/mol. The van der Waals surface area contributed by atoms with Gasteiger partial charge in [0.05, 0.1) is 4.90 Å². The highest BCUT2D eigenvalue weighted by Gasteiger charge is 2.27. The van der Waals surface area contributed by atoms with Crippen molar-refractivity contribution in [3.05, 3.63) is 80.9 Å². The number of hydrogen-bond donors (Lipinski definition) is 0. The number of rotatable bonds is 3. The summed E-state index contributed by atoms with van der Waals surface area (Å²) in [5.74, 6) is 0. The van der Waals surface area contributed by atoms with E-state index in [-0.39, 0.29) is 0 Å². The van der Waals surface area contributed by atoms with Crippen molar-refractivity contribution in [2.75, 3.05) is 0 Å². The molecular formula is C28H30O2S2. The van der Waals surface area contributed by atoms with Gasteiger partial charge in [-0.3, -0.25) is 0 Å². The normalized spacial score (nSPS) is 12.1. The zero-order valence-corrected chi connectivity index (χ0v) is 21.7. The fourth-order valence-corrected chi connectivity index (χ4v) is 9.01. The average Bonchev–Trinajstić information content (AvgIpc) is 2.66. The van der Waals surface area contributed by atoms with Crippen LogP contribution in [0.3, 0.4) is 0 Å². The van der Waals surface area contributed by atoms with Crippen LogP contribution in [0, 0.1) is 55.4 Å². The van der Waals surface area contributed by atoms with E-state index in [1.807, 2.05) is 27.7 Å². The van der Waals surface area contributed by atoms with Crippen molar-refractivity contribution in [1.82, 2.24) is 0 Å². The number of aryl methyl sites for hydroxylation is 6. The molecule has 0 aliphatic rings. The molecule has 0 atom stereocenters. The van der Waals surface area contributed by atoms with Crippen molar-refractivity contribution in [2.45, 2.75) is 65.2 Å². The first-order chi connectivity index (χ1) is 14.9. The van der Waals surface area contributed by atoms with Crippen LogP contribution in [0.5, 0.6) is 0 Å². The van der Waals surface area contributed by atoms with Gasteiger partial charge in [0, 0.05) is 21.1 Å². The highest BCUT2D eigenvalue weighted by molar-refractivity contribution is 8.72. The number of benzene rings is 4. The quantitative estimate of drug-likeness (QED) is 0.290. The van der Waals surface area contributed by atoms with Crippen molar-refractivity contribution < 1.29 is 8.42 Å². The third-order valence-electron chi connectivity index (χ3n) is 6.53.